The molecule has 0 N–H and O–H groups in total. The Hall–Kier alpha value is -3.89. The predicted octanol–water partition coefficient (Wildman–Crippen LogP) is 6.27. The Balaban J connectivity index is 1.56. The molecule has 1 heterocycles. The van der Waals surface area contributed by atoms with Gasteiger partial charge in [-0.3, -0.25) is 0 Å². The van der Waals surface area contributed by atoms with E-state index in [1.807, 2.05) is 42.6 Å². The summed E-state index contributed by atoms with van der Waals surface area (Å²) >= 11 is 0. The van der Waals surface area contributed by atoms with Gasteiger partial charge in [-0.15, -0.1) is 0 Å². The summed E-state index contributed by atoms with van der Waals surface area (Å²) in [6.07, 6.45) is 6.48. The summed E-state index contributed by atoms with van der Waals surface area (Å²) in [7, 11) is 0. The molecule has 3 aromatic carbocycles. The molecule has 4 heteroatoms. The highest BCUT2D eigenvalue weighted by molar-refractivity contribution is 6.06. The zero-order chi connectivity index (χ0) is 21.3. The van der Waals surface area contributed by atoms with E-state index in [-0.39, 0.29) is 5.60 Å². The van der Waals surface area contributed by atoms with Crippen LogP contribution < -0.4 is 4.74 Å². The van der Waals surface area contributed by atoms with Crippen molar-refractivity contribution in [1.29, 1.82) is 5.26 Å². The molecule has 1 spiro atoms. The molecule has 0 amide bonds. The summed E-state index contributed by atoms with van der Waals surface area (Å²) in [6, 6.07) is 22.2. The molecular formula is C27H21N3O. The van der Waals surface area contributed by atoms with Crippen LogP contribution >= 0.6 is 0 Å². The van der Waals surface area contributed by atoms with Crippen LogP contribution in [0.1, 0.15) is 36.0 Å². The van der Waals surface area contributed by atoms with Gasteiger partial charge in [0.1, 0.15) is 11.4 Å². The van der Waals surface area contributed by atoms with Crippen molar-refractivity contribution in [3.8, 4) is 23.1 Å². The fraction of sp³-hybridized carbons (Fsp3) is 0.222. The van der Waals surface area contributed by atoms with E-state index in [0.29, 0.717) is 12.1 Å². The van der Waals surface area contributed by atoms with Crippen molar-refractivity contribution >= 4 is 11.4 Å². The smallest absolute Gasteiger partial charge is 0.205 e. The number of aryl methyl sites for hydroxylation is 1. The van der Waals surface area contributed by atoms with Gasteiger partial charge in [0.05, 0.1) is 12.3 Å². The standard InChI is InChI=1S/C27H21N3O/c1-29-23-10-4-8-20(14-23)21-11-12-26-24(15-21)25(30-18-28)17-27(31-26)13-5-9-19-6-2-3-7-22(19)16-27/h2-4,6-8,10-12,14-15H,5,9,13,16-17H2/b30-25+. The van der Waals surface area contributed by atoms with Crippen LogP contribution in [0.2, 0.25) is 0 Å². The van der Waals surface area contributed by atoms with Gasteiger partial charge in [-0.2, -0.15) is 10.3 Å². The molecule has 1 aliphatic carbocycles. The van der Waals surface area contributed by atoms with Crippen LogP contribution in [-0.2, 0) is 12.8 Å². The summed E-state index contributed by atoms with van der Waals surface area (Å²) in [4.78, 5) is 7.75. The van der Waals surface area contributed by atoms with Gasteiger partial charge in [0.2, 0.25) is 6.19 Å². The normalized spacial score (nSPS) is 20.6. The van der Waals surface area contributed by atoms with Crippen LogP contribution in [0.5, 0.6) is 5.75 Å². The third-order valence-corrected chi connectivity index (χ3v) is 6.31. The summed E-state index contributed by atoms with van der Waals surface area (Å²) in [5.41, 5.74) is 6.56. The van der Waals surface area contributed by atoms with E-state index in [2.05, 4.69) is 34.1 Å². The Kier molecular flexibility index (Phi) is 4.77. The lowest BCUT2D eigenvalue weighted by Gasteiger charge is -2.39. The van der Waals surface area contributed by atoms with Gasteiger partial charge >= 0.3 is 0 Å². The van der Waals surface area contributed by atoms with Gasteiger partial charge in [0, 0.05) is 18.4 Å². The van der Waals surface area contributed by atoms with Gasteiger partial charge < -0.3 is 4.74 Å². The van der Waals surface area contributed by atoms with Crippen LogP contribution in [0, 0.1) is 18.0 Å². The number of aliphatic imine (C=N–C) groups is 1. The average molecular weight is 403 g/mol. The van der Waals surface area contributed by atoms with Crippen molar-refractivity contribution < 1.29 is 4.74 Å². The van der Waals surface area contributed by atoms with E-state index in [1.165, 1.54) is 11.1 Å². The second kappa shape index (κ2) is 7.74. The van der Waals surface area contributed by atoms with Crippen molar-refractivity contribution in [2.24, 2.45) is 4.99 Å². The van der Waals surface area contributed by atoms with E-state index in [4.69, 9.17) is 11.3 Å². The van der Waals surface area contributed by atoms with Gasteiger partial charge in [-0.1, -0.05) is 48.5 Å². The van der Waals surface area contributed by atoms with Crippen molar-refractivity contribution in [2.45, 2.75) is 37.7 Å². The summed E-state index contributed by atoms with van der Waals surface area (Å²) < 4.78 is 6.67. The van der Waals surface area contributed by atoms with Gasteiger partial charge in [0.25, 0.3) is 0 Å². The minimum Gasteiger partial charge on any atom is -0.486 e. The number of nitriles is 1. The number of hydrogen-bond acceptors (Lipinski definition) is 3. The largest absolute Gasteiger partial charge is 0.486 e. The maximum Gasteiger partial charge on any atom is 0.205 e. The maximum atomic E-state index is 9.39. The minimum absolute atomic E-state index is 0.374. The molecule has 3 aromatic rings. The lowest BCUT2D eigenvalue weighted by molar-refractivity contribution is 0.0619. The number of fused-ring (bicyclic) bond motifs is 2. The Morgan fingerprint density at radius 1 is 0.968 bits per heavy atom. The molecule has 2 aliphatic rings. The lowest BCUT2D eigenvalue weighted by Crippen LogP contribution is -2.44. The Labute approximate surface area is 182 Å². The predicted molar refractivity (Wildman–Crippen MR) is 121 cm³/mol. The zero-order valence-electron chi connectivity index (χ0n) is 17.1. The zero-order valence-corrected chi connectivity index (χ0v) is 17.1. The molecule has 150 valence electrons. The first-order valence-electron chi connectivity index (χ1n) is 10.5. The SMILES string of the molecule is [C-]#[N+]c1cccc(-c2ccc3c(c2)/C(=N/C#N)CC2(CCCc4ccccc4C2)O3)c1. The molecule has 1 aliphatic heterocycles. The molecule has 4 nitrogen and oxygen atoms in total. The van der Waals surface area contributed by atoms with Crippen LogP contribution in [0.3, 0.4) is 0 Å². The highest BCUT2D eigenvalue weighted by atomic mass is 16.5. The Morgan fingerprint density at radius 2 is 1.81 bits per heavy atom. The highest BCUT2D eigenvalue weighted by Crippen LogP contribution is 2.42. The molecule has 31 heavy (non-hydrogen) atoms. The second-order valence-electron chi connectivity index (χ2n) is 8.29. The molecule has 0 aromatic heterocycles. The van der Waals surface area contributed by atoms with Crippen LogP contribution in [0.25, 0.3) is 16.0 Å². The number of hydrogen-bond donors (Lipinski definition) is 0. The van der Waals surface area contributed by atoms with Crippen molar-refractivity contribution in [2.75, 3.05) is 0 Å². The molecule has 0 fully saturated rings. The summed E-state index contributed by atoms with van der Waals surface area (Å²) in [5, 5.41) is 9.39. The van der Waals surface area contributed by atoms with Crippen molar-refractivity contribution in [3.05, 3.63) is 94.8 Å². The Morgan fingerprint density at radius 3 is 2.65 bits per heavy atom. The number of ether oxygens (including phenoxy) is 1. The molecule has 0 saturated heterocycles. The first kappa shape index (κ1) is 19.1. The maximum absolute atomic E-state index is 9.39. The molecule has 0 bridgehead atoms. The van der Waals surface area contributed by atoms with E-state index < -0.39 is 0 Å². The lowest BCUT2D eigenvalue weighted by atomic mass is 9.82. The van der Waals surface area contributed by atoms with Crippen LogP contribution in [-0.4, -0.2) is 11.3 Å². The first-order valence-corrected chi connectivity index (χ1v) is 10.5. The number of benzene rings is 3. The summed E-state index contributed by atoms with van der Waals surface area (Å²) in [6.45, 7) is 7.27. The molecule has 0 saturated carbocycles. The molecule has 0 radical (unpaired) electrons. The monoisotopic (exact) mass is 403 g/mol. The molecular weight excluding hydrogens is 382 g/mol. The highest BCUT2D eigenvalue weighted by Gasteiger charge is 2.41. The number of nitrogens with zero attached hydrogens (tertiary/aromatic N) is 3. The fourth-order valence-corrected chi connectivity index (χ4v) is 4.86. The van der Waals surface area contributed by atoms with Gasteiger partial charge in [0.15, 0.2) is 5.69 Å². The molecule has 1 atom stereocenters. The van der Waals surface area contributed by atoms with Crippen LogP contribution in [0.4, 0.5) is 5.69 Å². The molecule has 5 rings (SSSR count). The first-order chi connectivity index (χ1) is 15.2. The number of rotatable bonds is 1. The molecule has 1 unspecified atom stereocenters. The van der Waals surface area contributed by atoms with E-state index in [0.717, 1.165) is 53.8 Å². The second-order valence-corrected chi connectivity index (χ2v) is 8.29. The third-order valence-electron chi connectivity index (χ3n) is 6.31. The summed E-state index contributed by atoms with van der Waals surface area (Å²) in [5.74, 6) is 0.782. The van der Waals surface area contributed by atoms with Crippen molar-refractivity contribution in [1.82, 2.24) is 0 Å². The fourth-order valence-electron chi connectivity index (χ4n) is 4.86. The van der Waals surface area contributed by atoms with Crippen molar-refractivity contribution in [3.63, 3.8) is 0 Å². The topological polar surface area (TPSA) is 49.7 Å². The average Bonchev–Trinajstić information content (AvgIpc) is 2.97. The van der Waals surface area contributed by atoms with E-state index >= 15 is 0 Å². The van der Waals surface area contributed by atoms with Gasteiger partial charge in [-0.05, 0) is 59.7 Å². The Bertz CT molecular complexity index is 1280. The quantitative estimate of drug-likeness (QED) is 0.355. The van der Waals surface area contributed by atoms with Crippen LogP contribution in [0.15, 0.2) is 71.7 Å². The van der Waals surface area contributed by atoms with E-state index in [9.17, 15) is 5.26 Å². The van der Waals surface area contributed by atoms with E-state index in [1.54, 1.807) is 6.07 Å². The van der Waals surface area contributed by atoms with Gasteiger partial charge in [-0.25, -0.2) is 4.85 Å². The third kappa shape index (κ3) is 3.58. The minimum atomic E-state index is -0.374.